The summed E-state index contributed by atoms with van der Waals surface area (Å²) in [6.45, 7) is 0. The molecule has 236 valence electrons. The van der Waals surface area contributed by atoms with E-state index in [-0.39, 0.29) is 12.1 Å². The Morgan fingerprint density at radius 3 is 1.84 bits per heavy atom. The summed E-state index contributed by atoms with van der Waals surface area (Å²) < 4.78 is 25.1. The third kappa shape index (κ3) is 3.76. The van der Waals surface area contributed by atoms with Crippen molar-refractivity contribution in [3.05, 3.63) is 170 Å². The minimum atomic E-state index is 0.264. The van der Waals surface area contributed by atoms with Crippen LogP contribution in [0, 0.1) is 0 Å². The van der Waals surface area contributed by atoms with Crippen LogP contribution in [-0.4, -0.2) is 9.13 Å². The summed E-state index contributed by atoms with van der Waals surface area (Å²) in [6, 6.07) is 57.3. The fraction of sp³-hybridized carbons (Fsp3) is 0. The molecule has 12 rings (SSSR count). The molecule has 0 unspecified atom stereocenters. The van der Waals surface area contributed by atoms with Crippen LogP contribution in [-0.2, 0) is 0 Å². The van der Waals surface area contributed by atoms with Gasteiger partial charge in [-0.15, -0.1) is 11.3 Å². The first-order valence-corrected chi connectivity index (χ1v) is 18.2. The summed E-state index contributed by atoms with van der Waals surface area (Å²) >= 11 is 1.85. The molecule has 0 bridgehead atoms. The lowest BCUT2D eigenvalue weighted by molar-refractivity contribution is 1.17. The quantitative estimate of drug-likeness (QED) is 0.163. The van der Waals surface area contributed by atoms with Crippen molar-refractivity contribution in [1.82, 2.24) is 9.13 Å². The van der Waals surface area contributed by atoms with Gasteiger partial charge < -0.3 is 9.13 Å². The molecule has 0 saturated carbocycles. The van der Waals surface area contributed by atoms with Crippen molar-refractivity contribution in [3.63, 3.8) is 0 Å². The number of rotatable bonds is 2. The first-order valence-electron chi connectivity index (χ1n) is 18.4. The molecule has 0 atom stereocenters. The van der Waals surface area contributed by atoms with Gasteiger partial charge in [0.15, 0.2) is 0 Å². The molecule has 3 aromatic heterocycles. The lowest BCUT2D eigenvalue weighted by Gasteiger charge is -2.12. The van der Waals surface area contributed by atoms with Crippen molar-refractivity contribution in [2.24, 2.45) is 0 Å². The molecule has 51 heavy (non-hydrogen) atoms. The first-order chi connectivity index (χ1) is 26.1. The fourth-order valence-electron chi connectivity index (χ4n) is 8.62. The number of hydrogen-bond acceptors (Lipinski definition) is 1. The maximum atomic E-state index is 8.90. The van der Waals surface area contributed by atoms with Crippen LogP contribution in [0.2, 0.25) is 0 Å². The second kappa shape index (κ2) is 10.1. The lowest BCUT2D eigenvalue weighted by atomic mass is 10.0. The van der Waals surface area contributed by atoms with Gasteiger partial charge in [-0.2, -0.15) is 0 Å². The molecule has 0 saturated heterocycles. The summed E-state index contributed by atoms with van der Waals surface area (Å²) in [4.78, 5) is 0. The largest absolute Gasteiger partial charge is 0.309 e. The Balaban J connectivity index is 1.23. The summed E-state index contributed by atoms with van der Waals surface area (Å²) in [7, 11) is 0. The van der Waals surface area contributed by atoms with E-state index in [0.29, 0.717) is 0 Å². The number of benzene rings is 9. The van der Waals surface area contributed by atoms with Crippen LogP contribution in [0.4, 0.5) is 0 Å². The van der Waals surface area contributed by atoms with E-state index < -0.39 is 0 Å². The predicted molar refractivity (Wildman–Crippen MR) is 221 cm³/mol. The number of para-hydroxylation sites is 1. The Morgan fingerprint density at radius 2 is 0.961 bits per heavy atom. The van der Waals surface area contributed by atoms with Crippen LogP contribution >= 0.6 is 11.3 Å². The molecule has 0 N–H and O–H groups in total. The van der Waals surface area contributed by atoms with Crippen molar-refractivity contribution in [3.8, 4) is 11.4 Å². The Labute approximate surface area is 299 Å². The van der Waals surface area contributed by atoms with Crippen LogP contribution in [0.15, 0.2) is 170 Å². The highest BCUT2D eigenvalue weighted by Crippen LogP contribution is 2.43. The third-order valence-electron chi connectivity index (χ3n) is 10.9. The van der Waals surface area contributed by atoms with Gasteiger partial charge in [-0.05, 0) is 93.0 Å². The van der Waals surface area contributed by atoms with Gasteiger partial charge in [0.2, 0.25) is 0 Å². The average Bonchev–Trinajstić information content (AvgIpc) is 3.86. The molecule has 12 aromatic rings. The van der Waals surface area contributed by atoms with Crippen LogP contribution < -0.4 is 0 Å². The summed E-state index contributed by atoms with van der Waals surface area (Å²) in [5, 5.41) is 13.5. The molecule has 0 amide bonds. The second-order valence-electron chi connectivity index (χ2n) is 13.6. The van der Waals surface area contributed by atoms with Crippen molar-refractivity contribution >= 4 is 107 Å². The summed E-state index contributed by atoms with van der Waals surface area (Å²) in [5.41, 5.74) is 6.78. The van der Waals surface area contributed by atoms with Crippen LogP contribution in [0.3, 0.4) is 0 Å². The number of hydrogen-bond donors (Lipinski definition) is 0. The van der Waals surface area contributed by atoms with Gasteiger partial charge in [0.25, 0.3) is 0 Å². The predicted octanol–water partition coefficient (Wildman–Crippen LogP) is 13.7. The van der Waals surface area contributed by atoms with Crippen molar-refractivity contribution < 1.29 is 2.74 Å². The highest BCUT2D eigenvalue weighted by atomic mass is 32.1. The lowest BCUT2D eigenvalue weighted by Crippen LogP contribution is -1.96. The van der Waals surface area contributed by atoms with Gasteiger partial charge in [0.1, 0.15) is 0 Å². The van der Waals surface area contributed by atoms with Crippen molar-refractivity contribution in [2.75, 3.05) is 0 Å². The average molecular weight is 667 g/mol. The number of thiophene rings is 1. The molecule has 0 aliphatic rings. The maximum absolute atomic E-state index is 8.90. The van der Waals surface area contributed by atoms with Crippen molar-refractivity contribution in [1.29, 1.82) is 0 Å². The molecular formula is C48H28N2S. The standard InChI is InChI=1S/C48H28N2S/c1-3-11-34-29(9-1)17-18-31-19-21-32(25-38(31)34)50-43-23-20-30-10-2-4-12-35(30)48(43)41-27-39-36-13-5-7-15-42(36)49(44(39)28-45(41)50)33-22-24-47-40(26-33)37-14-6-8-16-46(37)51-47/h1-28H/i17D,18D. The number of fused-ring (bicyclic) bond motifs is 14. The molecule has 0 radical (unpaired) electrons. The molecule has 0 fully saturated rings. The first kappa shape index (κ1) is 25.5. The van der Waals surface area contributed by atoms with Gasteiger partial charge in [-0.1, -0.05) is 109 Å². The molecule has 3 heterocycles. The minimum Gasteiger partial charge on any atom is -0.309 e. The fourth-order valence-corrected chi connectivity index (χ4v) is 9.71. The molecule has 2 nitrogen and oxygen atoms in total. The van der Waals surface area contributed by atoms with E-state index in [1.807, 2.05) is 35.6 Å². The van der Waals surface area contributed by atoms with E-state index >= 15 is 0 Å². The topological polar surface area (TPSA) is 9.86 Å². The van der Waals surface area contributed by atoms with E-state index in [1.165, 1.54) is 58.0 Å². The Bertz CT molecular complexity index is 3550. The van der Waals surface area contributed by atoms with E-state index in [2.05, 4.69) is 143 Å². The maximum Gasteiger partial charge on any atom is 0.0629 e. The number of aromatic nitrogens is 2. The monoisotopic (exact) mass is 666 g/mol. The Kier molecular flexibility index (Phi) is 5.04. The van der Waals surface area contributed by atoms with Gasteiger partial charge in [-0.25, -0.2) is 0 Å². The minimum absolute atomic E-state index is 0.264. The van der Waals surface area contributed by atoms with Gasteiger partial charge >= 0.3 is 0 Å². The molecule has 3 heteroatoms. The zero-order valence-corrected chi connectivity index (χ0v) is 28.1. The highest BCUT2D eigenvalue weighted by Gasteiger charge is 2.20. The highest BCUT2D eigenvalue weighted by molar-refractivity contribution is 7.25. The molecule has 0 aliphatic heterocycles. The molecular weight excluding hydrogens is 637 g/mol. The Morgan fingerprint density at radius 1 is 0.353 bits per heavy atom. The zero-order valence-electron chi connectivity index (χ0n) is 29.3. The van der Waals surface area contributed by atoms with E-state index in [0.717, 1.165) is 49.5 Å². The van der Waals surface area contributed by atoms with E-state index in [1.54, 1.807) is 0 Å². The number of nitrogens with zero attached hydrogens (tertiary/aromatic N) is 2. The zero-order chi connectivity index (χ0) is 34.9. The Hall–Kier alpha value is -6.42. The normalized spacial score (nSPS) is 12.9. The van der Waals surface area contributed by atoms with Crippen molar-refractivity contribution in [2.45, 2.75) is 0 Å². The van der Waals surface area contributed by atoms with Crippen LogP contribution in [0.1, 0.15) is 2.74 Å². The van der Waals surface area contributed by atoms with E-state index in [4.69, 9.17) is 2.74 Å². The van der Waals surface area contributed by atoms with Crippen LogP contribution in [0.5, 0.6) is 0 Å². The van der Waals surface area contributed by atoms with Gasteiger partial charge in [0.05, 0.1) is 24.8 Å². The van der Waals surface area contributed by atoms with Crippen LogP contribution in [0.25, 0.3) is 107 Å². The second-order valence-corrected chi connectivity index (χ2v) is 14.6. The molecule has 9 aromatic carbocycles. The molecule has 0 aliphatic carbocycles. The SMILES string of the molecule is [2H]c1c([2H])c2ccc(-n3c4cc5c(cc4c4c6ccccc6ccc43)c3ccccc3n5-c3ccc4sc5ccccc5c4c3)cc2c2ccccc12. The summed E-state index contributed by atoms with van der Waals surface area (Å²) in [5.74, 6) is 0. The van der Waals surface area contributed by atoms with Gasteiger partial charge in [0, 0.05) is 53.1 Å². The molecule has 0 spiro atoms. The third-order valence-corrected chi connectivity index (χ3v) is 12.0. The smallest absolute Gasteiger partial charge is 0.0629 e. The van der Waals surface area contributed by atoms with Gasteiger partial charge in [-0.3, -0.25) is 0 Å². The van der Waals surface area contributed by atoms with E-state index in [9.17, 15) is 0 Å². The summed E-state index contributed by atoms with van der Waals surface area (Å²) in [6.07, 6.45) is 0.